The van der Waals surface area contributed by atoms with Gasteiger partial charge in [0.05, 0.1) is 22.3 Å². The van der Waals surface area contributed by atoms with Crippen molar-refractivity contribution in [1.82, 2.24) is 14.3 Å². The Kier molecular flexibility index (Phi) is 3.79. The number of pyridine rings is 1. The van der Waals surface area contributed by atoms with Crippen molar-refractivity contribution in [3.8, 4) is 0 Å². The molecule has 6 heteroatoms. The zero-order valence-corrected chi connectivity index (χ0v) is 12.0. The Hall–Kier alpha value is -2.47. The molecule has 1 aromatic carbocycles. The maximum absolute atomic E-state index is 12.1. The fourth-order valence-corrected chi connectivity index (χ4v) is 2.99. The molecule has 3 rings (SSSR count). The Morgan fingerprint density at radius 3 is 2.76 bits per heavy atom. The Morgan fingerprint density at radius 1 is 1.19 bits per heavy atom. The van der Waals surface area contributed by atoms with Crippen LogP contribution in [0.15, 0.2) is 53.5 Å². The highest BCUT2D eigenvalue weighted by Crippen LogP contribution is 2.15. The van der Waals surface area contributed by atoms with Crippen LogP contribution < -0.4 is 10.9 Å². The van der Waals surface area contributed by atoms with Crippen LogP contribution in [0.4, 0.5) is 0 Å². The van der Waals surface area contributed by atoms with Gasteiger partial charge in [-0.3, -0.25) is 18.5 Å². The van der Waals surface area contributed by atoms with Crippen molar-refractivity contribution in [1.29, 1.82) is 0 Å². The van der Waals surface area contributed by atoms with Crippen LogP contribution >= 0.6 is 11.5 Å². The summed E-state index contributed by atoms with van der Waals surface area (Å²) in [5, 5.41) is 3.42. The fraction of sp³-hybridized carbons (Fsp3) is 0.133. The maximum Gasteiger partial charge on any atom is 0.268 e. The van der Waals surface area contributed by atoms with E-state index in [-0.39, 0.29) is 18.0 Å². The standard InChI is InChI=1S/C15H13N3O2S/c19-14(17-9-11-5-3-4-8-16-11)10-18-15(20)12-6-1-2-7-13(12)21-18/h1-8H,9-10H2,(H,17,19). The number of hydrogen-bond donors (Lipinski definition) is 1. The molecule has 0 radical (unpaired) electrons. The first-order valence-electron chi connectivity index (χ1n) is 6.49. The van der Waals surface area contributed by atoms with Gasteiger partial charge in [-0.1, -0.05) is 29.7 Å². The quantitative estimate of drug-likeness (QED) is 0.798. The minimum atomic E-state index is -0.200. The summed E-state index contributed by atoms with van der Waals surface area (Å²) in [6.45, 7) is 0.393. The van der Waals surface area contributed by atoms with Crippen molar-refractivity contribution >= 4 is 27.5 Å². The van der Waals surface area contributed by atoms with Gasteiger partial charge in [0.25, 0.3) is 5.56 Å². The molecule has 21 heavy (non-hydrogen) atoms. The van der Waals surface area contributed by atoms with E-state index in [1.54, 1.807) is 12.3 Å². The van der Waals surface area contributed by atoms with Crippen LogP contribution in [-0.2, 0) is 17.9 Å². The highest BCUT2D eigenvalue weighted by atomic mass is 32.1. The average Bonchev–Trinajstić information content (AvgIpc) is 2.83. The number of fused-ring (bicyclic) bond motifs is 1. The van der Waals surface area contributed by atoms with Crippen molar-refractivity contribution in [2.45, 2.75) is 13.1 Å². The molecule has 1 N–H and O–H groups in total. The van der Waals surface area contributed by atoms with Gasteiger partial charge in [0, 0.05) is 6.20 Å². The zero-order chi connectivity index (χ0) is 14.7. The third-order valence-electron chi connectivity index (χ3n) is 3.03. The Balaban J connectivity index is 1.69. The van der Waals surface area contributed by atoms with E-state index in [9.17, 15) is 9.59 Å². The van der Waals surface area contributed by atoms with Crippen LogP contribution in [0.5, 0.6) is 0 Å². The first-order chi connectivity index (χ1) is 10.2. The fourth-order valence-electron chi connectivity index (χ4n) is 2.00. The van der Waals surface area contributed by atoms with Crippen LogP contribution in [0.1, 0.15) is 5.69 Å². The summed E-state index contributed by atoms with van der Waals surface area (Å²) in [6.07, 6.45) is 1.68. The van der Waals surface area contributed by atoms with E-state index in [2.05, 4.69) is 10.3 Å². The summed E-state index contributed by atoms with van der Waals surface area (Å²) in [4.78, 5) is 28.2. The van der Waals surface area contributed by atoms with Crippen molar-refractivity contribution < 1.29 is 4.79 Å². The van der Waals surface area contributed by atoms with Crippen LogP contribution in [0.3, 0.4) is 0 Å². The van der Waals surface area contributed by atoms with Gasteiger partial charge in [-0.15, -0.1) is 0 Å². The molecule has 0 spiro atoms. The average molecular weight is 299 g/mol. The lowest BCUT2D eigenvalue weighted by atomic mass is 10.3. The van der Waals surface area contributed by atoms with Gasteiger partial charge in [-0.25, -0.2) is 0 Å². The number of rotatable bonds is 4. The van der Waals surface area contributed by atoms with Gasteiger partial charge < -0.3 is 5.32 Å². The third-order valence-corrected chi connectivity index (χ3v) is 4.10. The summed E-state index contributed by atoms with van der Waals surface area (Å²) in [5.74, 6) is -0.200. The predicted molar refractivity (Wildman–Crippen MR) is 82.2 cm³/mol. The number of nitrogens with one attached hydrogen (secondary N) is 1. The minimum Gasteiger partial charge on any atom is -0.349 e. The van der Waals surface area contributed by atoms with Gasteiger partial charge in [0.2, 0.25) is 5.91 Å². The summed E-state index contributed by atoms with van der Waals surface area (Å²) < 4.78 is 2.36. The predicted octanol–water partition coefficient (Wildman–Crippen LogP) is 1.77. The van der Waals surface area contributed by atoms with Gasteiger partial charge in [-0.05, 0) is 24.3 Å². The molecule has 0 fully saturated rings. The molecule has 2 aromatic heterocycles. The molecule has 1 amide bonds. The van der Waals surface area contributed by atoms with Crippen molar-refractivity contribution in [3.63, 3.8) is 0 Å². The molecule has 0 aliphatic carbocycles. The van der Waals surface area contributed by atoms with E-state index >= 15 is 0 Å². The molecule has 0 aliphatic heterocycles. The van der Waals surface area contributed by atoms with Crippen LogP contribution in [0.25, 0.3) is 10.1 Å². The summed E-state index contributed by atoms with van der Waals surface area (Å²) in [5.41, 5.74) is 0.665. The molecule has 0 bridgehead atoms. The second-order valence-electron chi connectivity index (χ2n) is 4.53. The molecule has 3 aromatic rings. The molecule has 106 valence electrons. The van der Waals surface area contributed by atoms with Crippen LogP contribution in [-0.4, -0.2) is 14.8 Å². The minimum absolute atomic E-state index is 0.0328. The molecular weight excluding hydrogens is 286 g/mol. The summed E-state index contributed by atoms with van der Waals surface area (Å²) in [7, 11) is 0. The van der Waals surface area contributed by atoms with E-state index in [1.165, 1.54) is 15.5 Å². The van der Waals surface area contributed by atoms with E-state index in [0.717, 1.165) is 10.4 Å². The molecule has 0 saturated heterocycles. The Morgan fingerprint density at radius 2 is 2.00 bits per heavy atom. The number of amides is 1. The number of nitrogens with zero attached hydrogens (tertiary/aromatic N) is 2. The highest BCUT2D eigenvalue weighted by Gasteiger charge is 2.10. The summed E-state index contributed by atoms with van der Waals surface area (Å²) >= 11 is 1.30. The summed E-state index contributed by atoms with van der Waals surface area (Å²) in [6, 6.07) is 12.9. The molecule has 0 unspecified atom stereocenters. The van der Waals surface area contributed by atoms with Crippen molar-refractivity contribution in [2.24, 2.45) is 0 Å². The lowest BCUT2D eigenvalue weighted by Gasteiger charge is -2.04. The largest absolute Gasteiger partial charge is 0.349 e. The molecule has 5 nitrogen and oxygen atoms in total. The Labute approximate surface area is 125 Å². The van der Waals surface area contributed by atoms with E-state index in [0.29, 0.717) is 11.9 Å². The van der Waals surface area contributed by atoms with Crippen LogP contribution in [0, 0.1) is 0 Å². The van der Waals surface area contributed by atoms with Crippen LogP contribution in [0.2, 0.25) is 0 Å². The number of aromatic nitrogens is 2. The van der Waals surface area contributed by atoms with Gasteiger partial charge in [0.1, 0.15) is 6.54 Å². The van der Waals surface area contributed by atoms with E-state index in [4.69, 9.17) is 0 Å². The van der Waals surface area contributed by atoms with Gasteiger partial charge in [-0.2, -0.15) is 0 Å². The normalized spacial score (nSPS) is 10.7. The first-order valence-corrected chi connectivity index (χ1v) is 7.27. The molecule has 0 saturated carbocycles. The van der Waals surface area contributed by atoms with Crippen molar-refractivity contribution in [3.05, 3.63) is 64.7 Å². The molecule has 0 atom stereocenters. The highest BCUT2D eigenvalue weighted by molar-refractivity contribution is 7.13. The maximum atomic E-state index is 12.1. The molecule has 0 aliphatic rings. The lowest BCUT2D eigenvalue weighted by molar-refractivity contribution is -0.121. The number of benzene rings is 1. The smallest absolute Gasteiger partial charge is 0.268 e. The van der Waals surface area contributed by atoms with Gasteiger partial charge in [0.15, 0.2) is 0 Å². The third kappa shape index (κ3) is 3.00. The molecular formula is C15H13N3O2S. The SMILES string of the molecule is O=C(Cn1sc2ccccc2c1=O)NCc1ccccn1. The first kappa shape index (κ1) is 13.5. The topological polar surface area (TPSA) is 64.0 Å². The second kappa shape index (κ2) is 5.88. The zero-order valence-electron chi connectivity index (χ0n) is 11.2. The number of hydrogen-bond acceptors (Lipinski definition) is 4. The lowest BCUT2D eigenvalue weighted by Crippen LogP contribution is -2.29. The monoisotopic (exact) mass is 299 g/mol. The van der Waals surface area contributed by atoms with Crippen molar-refractivity contribution in [2.75, 3.05) is 0 Å². The Bertz CT molecular complexity index is 824. The van der Waals surface area contributed by atoms with E-state index < -0.39 is 0 Å². The number of carbonyl (C=O) groups is 1. The van der Waals surface area contributed by atoms with E-state index in [1.807, 2.05) is 36.4 Å². The second-order valence-corrected chi connectivity index (χ2v) is 5.59. The molecule has 2 heterocycles. The number of carbonyl (C=O) groups excluding carboxylic acids is 1. The van der Waals surface area contributed by atoms with Gasteiger partial charge >= 0.3 is 0 Å².